The van der Waals surface area contributed by atoms with Gasteiger partial charge in [0.2, 0.25) is 15.9 Å². The zero-order valence-corrected chi connectivity index (χ0v) is 16.8. The van der Waals surface area contributed by atoms with E-state index in [-0.39, 0.29) is 35.9 Å². The third-order valence-electron chi connectivity index (χ3n) is 5.38. The summed E-state index contributed by atoms with van der Waals surface area (Å²) in [5.74, 6) is -1.57. The molecular weight excluding hydrogens is 398 g/mol. The Morgan fingerprint density at radius 3 is 2.21 bits per heavy atom. The van der Waals surface area contributed by atoms with Crippen LogP contribution < -0.4 is 10.0 Å². The Morgan fingerprint density at radius 2 is 1.59 bits per heavy atom. The van der Waals surface area contributed by atoms with Gasteiger partial charge in [-0.3, -0.25) is 4.79 Å². The Labute approximate surface area is 169 Å². The molecule has 5 nitrogen and oxygen atoms in total. The van der Waals surface area contributed by atoms with Gasteiger partial charge in [-0.05, 0) is 37.1 Å². The molecule has 8 heteroatoms. The molecule has 1 fully saturated rings. The lowest BCUT2D eigenvalue weighted by Crippen LogP contribution is -2.41. The minimum Gasteiger partial charge on any atom is -0.355 e. The summed E-state index contributed by atoms with van der Waals surface area (Å²) in [6.45, 7) is 0.0548. The molecule has 0 heterocycles. The molecule has 3 rings (SSSR count). The first-order valence-electron chi connectivity index (χ1n) is 9.60. The Kier molecular flexibility index (Phi) is 6.64. The number of amides is 1. The van der Waals surface area contributed by atoms with Gasteiger partial charge in [0, 0.05) is 30.5 Å². The monoisotopic (exact) mass is 422 g/mol. The normalized spacial score (nSPS) is 15.9. The molecule has 0 spiro atoms. The van der Waals surface area contributed by atoms with Gasteiger partial charge in [0.05, 0.1) is 4.90 Å². The summed E-state index contributed by atoms with van der Waals surface area (Å²) in [7, 11) is -3.68. The molecule has 0 unspecified atom stereocenters. The number of sulfonamides is 1. The molecule has 156 valence electrons. The number of hydrogen-bond donors (Lipinski definition) is 2. The first kappa shape index (κ1) is 21.4. The molecule has 29 heavy (non-hydrogen) atoms. The molecule has 0 aliphatic heterocycles. The third kappa shape index (κ3) is 5.00. The number of carbonyl (C=O) groups is 1. The van der Waals surface area contributed by atoms with Gasteiger partial charge >= 0.3 is 0 Å². The average Bonchev–Trinajstić information content (AvgIpc) is 3.16. The number of hydrogen-bond acceptors (Lipinski definition) is 3. The van der Waals surface area contributed by atoms with E-state index in [0.717, 1.165) is 12.8 Å². The van der Waals surface area contributed by atoms with Crippen molar-refractivity contribution in [3.8, 4) is 0 Å². The minimum atomic E-state index is -3.68. The van der Waals surface area contributed by atoms with Crippen molar-refractivity contribution in [1.82, 2.24) is 10.0 Å². The summed E-state index contributed by atoms with van der Waals surface area (Å²) in [6.07, 6.45) is 2.78. The van der Waals surface area contributed by atoms with Crippen molar-refractivity contribution < 1.29 is 22.0 Å². The molecule has 2 aromatic carbocycles. The van der Waals surface area contributed by atoms with E-state index in [1.807, 2.05) is 0 Å². The van der Waals surface area contributed by atoms with Crippen molar-refractivity contribution in [2.75, 3.05) is 13.1 Å². The van der Waals surface area contributed by atoms with Gasteiger partial charge in [-0.15, -0.1) is 0 Å². The van der Waals surface area contributed by atoms with Crippen molar-refractivity contribution >= 4 is 15.9 Å². The van der Waals surface area contributed by atoms with Gasteiger partial charge in [0.25, 0.3) is 0 Å². The zero-order chi connectivity index (χ0) is 20.9. The van der Waals surface area contributed by atoms with E-state index >= 15 is 0 Å². The maximum Gasteiger partial charge on any atom is 0.240 e. The molecule has 0 radical (unpaired) electrons. The SMILES string of the molecule is O=C(CCNS(=O)(=O)c1ccccc1)NCC1(c2c(F)cccc2F)CCCC1. The predicted octanol–water partition coefficient (Wildman–Crippen LogP) is 3.26. The van der Waals surface area contributed by atoms with Crippen LogP contribution >= 0.6 is 0 Å². The van der Waals surface area contributed by atoms with Crippen molar-refractivity contribution in [3.63, 3.8) is 0 Å². The van der Waals surface area contributed by atoms with E-state index in [9.17, 15) is 22.0 Å². The molecule has 2 aromatic rings. The highest BCUT2D eigenvalue weighted by atomic mass is 32.2. The number of rotatable bonds is 8. The Balaban J connectivity index is 1.58. The van der Waals surface area contributed by atoms with Crippen LogP contribution in [0.1, 0.15) is 37.7 Å². The summed E-state index contributed by atoms with van der Waals surface area (Å²) < 4.78 is 55.4. The highest BCUT2D eigenvalue weighted by molar-refractivity contribution is 7.89. The van der Waals surface area contributed by atoms with Crippen molar-refractivity contribution in [1.29, 1.82) is 0 Å². The lowest BCUT2D eigenvalue weighted by molar-refractivity contribution is -0.121. The summed E-state index contributed by atoms with van der Waals surface area (Å²) in [6, 6.07) is 11.7. The highest BCUT2D eigenvalue weighted by Gasteiger charge is 2.40. The highest BCUT2D eigenvalue weighted by Crippen LogP contribution is 2.42. The van der Waals surface area contributed by atoms with Gasteiger partial charge in [-0.2, -0.15) is 0 Å². The first-order chi connectivity index (χ1) is 13.8. The van der Waals surface area contributed by atoms with Gasteiger partial charge < -0.3 is 5.32 Å². The molecular formula is C21H24F2N2O3S. The van der Waals surface area contributed by atoms with Crippen LogP contribution in [0.15, 0.2) is 53.4 Å². The predicted molar refractivity (Wildman–Crippen MR) is 106 cm³/mol. The molecule has 1 saturated carbocycles. The molecule has 0 aromatic heterocycles. The third-order valence-corrected chi connectivity index (χ3v) is 6.85. The second kappa shape index (κ2) is 9.00. The summed E-state index contributed by atoms with van der Waals surface area (Å²) in [5, 5.41) is 2.74. The van der Waals surface area contributed by atoms with Crippen LogP contribution in [-0.4, -0.2) is 27.4 Å². The maximum atomic E-state index is 14.3. The second-order valence-corrected chi connectivity index (χ2v) is 9.09. The number of halogens is 2. The number of nitrogens with one attached hydrogen (secondary N) is 2. The Morgan fingerprint density at radius 1 is 0.966 bits per heavy atom. The van der Waals surface area contributed by atoms with E-state index < -0.39 is 27.1 Å². The molecule has 2 N–H and O–H groups in total. The number of benzene rings is 2. The number of carbonyl (C=O) groups excluding carboxylic acids is 1. The van der Waals surface area contributed by atoms with E-state index in [2.05, 4.69) is 10.0 Å². The second-order valence-electron chi connectivity index (χ2n) is 7.32. The fourth-order valence-corrected chi connectivity index (χ4v) is 4.96. The summed E-state index contributed by atoms with van der Waals surface area (Å²) in [5.41, 5.74) is -0.739. The smallest absolute Gasteiger partial charge is 0.240 e. The van der Waals surface area contributed by atoms with E-state index in [4.69, 9.17) is 0 Å². The molecule has 0 saturated heterocycles. The first-order valence-corrected chi connectivity index (χ1v) is 11.1. The van der Waals surface area contributed by atoms with Crippen LogP contribution in [0.4, 0.5) is 8.78 Å². The van der Waals surface area contributed by atoms with Crippen LogP contribution in [-0.2, 0) is 20.2 Å². The fourth-order valence-electron chi connectivity index (χ4n) is 3.91. The molecule has 1 aliphatic rings. The van der Waals surface area contributed by atoms with Crippen LogP contribution in [0.25, 0.3) is 0 Å². The van der Waals surface area contributed by atoms with E-state index in [0.29, 0.717) is 12.8 Å². The average molecular weight is 422 g/mol. The zero-order valence-electron chi connectivity index (χ0n) is 16.0. The topological polar surface area (TPSA) is 75.3 Å². The minimum absolute atomic E-state index is 0.0302. The van der Waals surface area contributed by atoms with Crippen molar-refractivity contribution in [3.05, 3.63) is 65.7 Å². The molecule has 0 bridgehead atoms. The quantitative estimate of drug-likeness (QED) is 0.686. The molecule has 0 atom stereocenters. The summed E-state index contributed by atoms with van der Waals surface area (Å²) in [4.78, 5) is 12.4. The standard InChI is InChI=1S/C21H24F2N2O3S/c22-17-9-6-10-18(23)20(17)21(12-4-5-13-21)15-24-19(26)11-14-25-29(27,28)16-7-2-1-3-8-16/h1-3,6-10,25H,4-5,11-15H2,(H,24,26). The maximum absolute atomic E-state index is 14.3. The van der Waals surface area contributed by atoms with Gasteiger partial charge in [-0.1, -0.05) is 37.1 Å². The fraction of sp³-hybridized carbons (Fsp3) is 0.381. The van der Waals surface area contributed by atoms with Crippen molar-refractivity contribution in [2.45, 2.75) is 42.4 Å². The van der Waals surface area contributed by atoms with Crippen LogP contribution in [0.5, 0.6) is 0 Å². The van der Waals surface area contributed by atoms with Crippen LogP contribution in [0, 0.1) is 11.6 Å². The molecule has 1 aliphatic carbocycles. The van der Waals surface area contributed by atoms with Crippen LogP contribution in [0.2, 0.25) is 0 Å². The van der Waals surface area contributed by atoms with E-state index in [1.54, 1.807) is 18.2 Å². The largest absolute Gasteiger partial charge is 0.355 e. The Bertz CT molecular complexity index is 939. The Hall–Kier alpha value is -2.32. The lowest BCUT2D eigenvalue weighted by atomic mass is 9.78. The van der Waals surface area contributed by atoms with Gasteiger partial charge in [0.15, 0.2) is 0 Å². The summed E-state index contributed by atoms with van der Waals surface area (Å²) >= 11 is 0. The lowest BCUT2D eigenvalue weighted by Gasteiger charge is -2.30. The van der Waals surface area contributed by atoms with Crippen LogP contribution in [0.3, 0.4) is 0 Å². The van der Waals surface area contributed by atoms with Gasteiger partial charge in [-0.25, -0.2) is 21.9 Å². The van der Waals surface area contributed by atoms with Crippen molar-refractivity contribution in [2.24, 2.45) is 0 Å². The van der Waals surface area contributed by atoms with Gasteiger partial charge in [0.1, 0.15) is 11.6 Å². The molecule has 1 amide bonds. The van der Waals surface area contributed by atoms with E-state index in [1.165, 1.54) is 30.3 Å².